The molecule has 8 heteroatoms. The van der Waals surface area contributed by atoms with E-state index < -0.39 is 10.8 Å². The third-order valence-electron chi connectivity index (χ3n) is 7.50. The van der Waals surface area contributed by atoms with Crippen LogP contribution >= 0.6 is 0 Å². The van der Waals surface area contributed by atoms with Crippen LogP contribution in [0.4, 0.5) is 11.5 Å². The van der Waals surface area contributed by atoms with E-state index in [4.69, 9.17) is 5.10 Å². The highest BCUT2D eigenvalue weighted by atomic mass is 32.2. The minimum absolute atomic E-state index is 0.247. The molecule has 34 heavy (non-hydrogen) atoms. The molecule has 2 unspecified atom stereocenters. The van der Waals surface area contributed by atoms with Crippen LogP contribution in [0.5, 0.6) is 0 Å². The lowest BCUT2D eigenvalue weighted by molar-refractivity contribution is 0.315. The van der Waals surface area contributed by atoms with Crippen molar-refractivity contribution in [3.8, 4) is 11.1 Å². The lowest BCUT2D eigenvalue weighted by Crippen LogP contribution is -2.31. The second kappa shape index (κ2) is 8.41. The zero-order valence-electron chi connectivity index (χ0n) is 20.0. The molecule has 3 aromatic rings. The van der Waals surface area contributed by atoms with Gasteiger partial charge in [-0.1, -0.05) is 12.6 Å². The first-order valence-electron chi connectivity index (χ1n) is 12.2. The van der Waals surface area contributed by atoms with Gasteiger partial charge in [-0.3, -0.25) is 13.6 Å². The van der Waals surface area contributed by atoms with Gasteiger partial charge in [0.25, 0.3) is 0 Å². The van der Waals surface area contributed by atoms with Crippen molar-refractivity contribution in [2.75, 3.05) is 29.5 Å². The molecule has 0 bridgehead atoms. The number of rotatable bonds is 4. The maximum absolute atomic E-state index is 12.2. The van der Waals surface area contributed by atoms with Gasteiger partial charge in [0.05, 0.1) is 12.2 Å². The maximum Gasteiger partial charge on any atom is 0.160 e. The third kappa shape index (κ3) is 3.68. The van der Waals surface area contributed by atoms with E-state index in [0.29, 0.717) is 0 Å². The van der Waals surface area contributed by atoms with Gasteiger partial charge in [0, 0.05) is 89.8 Å². The second-order valence-electron chi connectivity index (χ2n) is 9.85. The molecule has 0 spiro atoms. The first-order chi connectivity index (χ1) is 16.5. The van der Waals surface area contributed by atoms with Gasteiger partial charge in [0.2, 0.25) is 0 Å². The Morgan fingerprint density at radius 2 is 2.09 bits per heavy atom. The van der Waals surface area contributed by atoms with Crippen LogP contribution in [0.3, 0.4) is 0 Å². The summed E-state index contributed by atoms with van der Waals surface area (Å²) in [5, 5.41) is 9.59. The summed E-state index contributed by atoms with van der Waals surface area (Å²) in [6.07, 6.45) is 8.08. The largest absolute Gasteiger partial charge is 0.371 e. The quantitative estimate of drug-likeness (QED) is 0.571. The van der Waals surface area contributed by atoms with E-state index in [2.05, 4.69) is 57.5 Å². The van der Waals surface area contributed by atoms with Gasteiger partial charge in [-0.15, -0.1) is 0 Å². The Hall–Kier alpha value is -2.87. The molecule has 1 aromatic carbocycles. The summed E-state index contributed by atoms with van der Waals surface area (Å²) in [6.45, 7) is 9.06. The number of allylic oxidation sites excluding steroid dienone is 1. The number of nitrogens with zero attached hydrogens (tertiary/aromatic N) is 6. The molecule has 2 aromatic heterocycles. The van der Waals surface area contributed by atoms with Gasteiger partial charge in [0.1, 0.15) is 0 Å². The lowest BCUT2D eigenvalue weighted by atomic mass is 9.96. The van der Waals surface area contributed by atoms with Crippen molar-refractivity contribution in [1.82, 2.24) is 24.5 Å². The van der Waals surface area contributed by atoms with E-state index in [1.165, 1.54) is 28.1 Å². The molecule has 6 rings (SSSR count). The highest BCUT2D eigenvalue weighted by molar-refractivity contribution is 7.85. The summed E-state index contributed by atoms with van der Waals surface area (Å²) in [6, 6.07) is 7.03. The van der Waals surface area contributed by atoms with Crippen LogP contribution in [0.15, 0.2) is 42.9 Å². The fraction of sp³-hybridized carbons (Fsp3) is 0.462. The smallest absolute Gasteiger partial charge is 0.160 e. The predicted molar refractivity (Wildman–Crippen MR) is 137 cm³/mol. The number of aromatic nitrogens is 4. The van der Waals surface area contributed by atoms with Gasteiger partial charge in [-0.25, -0.2) is 0 Å². The number of hydrogen-bond acceptors (Lipinski definition) is 5. The second-order valence-corrected chi connectivity index (χ2v) is 11.5. The van der Waals surface area contributed by atoms with E-state index in [1.54, 1.807) is 0 Å². The molecule has 0 radical (unpaired) electrons. The van der Waals surface area contributed by atoms with Crippen LogP contribution < -0.4 is 4.90 Å². The summed E-state index contributed by atoms with van der Waals surface area (Å²) >= 11 is 0. The number of benzene rings is 1. The molecule has 0 saturated carbocycles. The average Bonchev–Trinajstić information content (AvgIpc) is 3.56. The standard InChI is InChI=1S/C26H32N6OS/c1-18(2)30-11-8-25-23(16-30)26(28-32(25)22-9-12-34(33)17-22)31-10-4-5-20-13-19(6-7-24(20)31)21-14-27-29(3)15-21/h6-7,13-15,22H,1,4-5,8-12,16-17H2,2-3H3. The highest BCUT2D eigenvalue weighted by Crippen LogP contribution is 2.40. The summed E-state index contributed by atoms with van der Waals surface area (Å²) in [5.74, 6) is 2.59. The van der Waals surface area contributed by atoms with Crippen molar-refractivity contribution >= 4 is 22.3 Å². The number of fused-ring (bicyclic) bond motifs is 2. The molecule has 3 aliphatic rings. The lowest BCUT2D eigenvalue weighted by Gasteiger charge is -2.33. The molecule has 7 nitrogen and oxygen atoms in total. The van der Waals surface area contributed by atoms with Crippen molar-refractivity contribution < 1.29 is 4.21 Å². The first-order valence-corrected chi connectivity index (χ1v) is 13.7. The predicted octanol–water partition coefficient (Wildman–Crippen LogP) is 3.95. The van der Waals surface area contributed by atoms with Gasteiger partial charge in [-0.05, 0) is 49.4 Å². The minimum Gasteiger partial charge on any atom is -0.371 e. The van der Waals surface area contributed by atoms with Crippen LogP contribution in [0.2, 0.25) is 0 Å². The fourth-order valence-electron chi connectivity index (χ4n) is 5.68. The van der Waals surface area contributed by atoms with Crippen LogP contribution in [-0.2, 0) is 37.2 Å². The molecule has 3 aliphatic heterocycles. The van der Waals surface area contributed by atoms with Crippen LogP contribution in [0.1, 0.15) is 42.6 Å². The van der Waals surface area contributed by atoms with Gasteiger partial charge in [0.15, 0.2) is 5.82 Å². The zero-order valence-corrected chi connectivity index (χ0v) is 20.9. The van der Waals surface area contributed by atoms with E-state index in [9.17, 15) is 4.21 Å². The van der Waals surface area contributed by atoms with Crippen molar-refractivity contribution in [2.24, 2.45) is 7.05 Å². The number of hydrogen-bond donors (Lipinski definition) is 0. The monoisotopic (exact) mass is 476 g/mol. The summed E-state index contributed by atoms with van der Waals surface area (Å²) < 4.78 is 16.3. The Kier molecular flexibility index (Phi) is 5.36. The molecule has 178 valence electrons. The maximum atomic E-state index is 12.2. The number of aryl methyl sites for hydroxylation is 2. The molecular weight excluding hydrogens is 444 g/mol. The average molecular weight is 477 g/mol. The Bertz CT molecular complexity index is 1290. The fourth-order valence-corrected chi connectivity index (χ4v) is 7.12. The normalized spacial score (nSPS) is 22.1. The van der Waals surface area contributed by atoms with Crippen molar-refractivity contribution in [1.29, 1.82) is 0 Å². The van der Waals surface area contributed by atoms with Gasteiger partial charge < -0.3 is 9.80 Å². The van der Waals surface area contributed by atoms with Crippen LogP contribution in [0, 0.1) is 0 Å². The van der Waals surface area contributed by atoms with Gasteiger partial charge >= 0.3 is 0 Å². The van der Waals surface area contributed by atoms with Gasteiger partial charge in [-0.2, -0.15) is 10.2 Å². The molecule has 5 heterocycles. The first kappa shape index (κ1) is 21.6. The Morgan fingerprint density at radius 1 is 1.21 bits per heavy atom. The van der Waals surface area contributed by atoms with E-state index in [-0.39, 0.29) is 6.04 Å². The van der Waals surface area contributed by atoms with Crippen LogP contribution in [-0.4, -0.2) is 53.3 Å². The molecule has 0 N–H and O–H groups in total. The summed E-state index contributed by atoms with van der Waals surface area (Å²) in [5.41, 5.74) is 8.73. The topological polar surface area (TPSA) is 59.2 Å². The zero-order chi connectivity index (χ0) is 23.4. The molecule has 0 aliphatic carbocycles. The van der Waals surface area contributed by atoms with Crippen molar-refractivity contribution in [3.05, 3.63) is 59.7 Å². The van der Waals surface area contributed by atoms with E-state index >= 15 is 0 Å². The molecular formula is C26H32N6OS. The molecule has 0 amide bonds. The minimum atomic E-state index is -0.725. The Labute approximate surface area is 203 Å². The van der Waals surface area contributed by atoms with Crippen molar-refractivity contribution in [3.63, 3.8) is 0 Å². The molecule has 1 saturated heterocycles. The molecule has 2 atom stereocenters. The Balaban J connectivity index is 1.42. The Morgan fingerprint density at radius 3 is 2.82 bits per heavy atom. The third-order valence-corrected chi connectivity index (χ3v) is 8.95. The molecule has 1 fully saturated rings. The van der Waals surface area contributed by atoms with Crippen LogP contribution in [0.25, 0.3) is 11.1 Å². The SMILES string of the molecule is C=C(C)N1CCc2c(c(N3CCCc4cc(-c5cnn(C)c5)ccc43)nn2C2CCS(=O)C2)C1. The number of anilines is 2. The summed E-state index contributed by atoms with van der Waals surface area (Å²) in [7, 11) is 1.23. The van der Waals surface area contributed by atoms with E-state index in [1.807, 2.05) is 17.9 Å². The highest BCUT2D eigenvalue weighted by Gasteiger charge is 2.34. The van der Waals surface area contributed by atoms with Crippen molar-refractivity contribution in [2.45, 2.75) is 45.2 Å². The van der Waals surface area contributed by atoms with E-state index in [0.717, 1.165) is 73.9 Å². The summed E-state index contributed by atoms with van der Waals surface area (Å²) in [4.78, 5) is 4.79.